The van der Waals surface area contributed by atoms with Gasteiger partial charge in [0.25, 0.3) is 0 Å². The SMILES string of the molecule is CC(C)(C)CC1C[C@H](N)c2ccc(Br)cc2O1. The standard InChI is InChI=1S/C14H20BrNO/c1-14(2,3)8-10-7-12(16)11-5-4-9(15)6-13(11)17-10/h4-6,10,12H,7-8,16H2,1-3H3/t10?,12-/m0/s1. The van der Waals surface area contributed by atoms with Crippen LogP contribution in [0, 0.1) is 5.41 Å². The van der Waals surface area contributed by atoms with Crippen molar-refractivity contribution in [1.29, 1.82) is 0 Å². The van der Waals surface area contributed by atoms with Gasteiger partial charge in [-0.25, -0.2) is 0 Å². The Bertz CT molecular complexity index is 411. The van der Waals surface area contributed by atoms with Gasteiger partial charge < -0.3 is 10.5 Å². The smallest absolute Gasteiger partial charge is 0.125 e. The molecule has 0 radical (unpaired) electrons. The van der Waals surface area contributed by atoms with E-state index in [0.717, 1.165) is 28.6 Å². The summed E-state index contributed by atoms with van der Waals surface area (Å²) in [6.07, 6.45) is 2.17. The largest absolute Gasteiger partial charge is 0.490 e. The normalized spacial score (nSPS) is 24.1. The summed E-state index contributed by atoms with van der Waals surface area (Å²) in [5.41, 5.74) is 7.61. The minimum absolute atomic E-state index is 0.0965. The average molecular weight is 298 g/mol. The summed E-state index contributed by atoms with van der Waals surface area (Å²) in [4.78, 5) is 0. The number of hydrogen-bond donors (Lipinski definition) is 1. The lowest BCUT2D eigenvalue weighted by Crippen LogP contribution is -2.32. The second-order valence-electron chi connectivity index (χ2n) is 6.03. The molecular weight excluding hydrogens is 278 g/mol. The molecule has 2 atom stereocenters. The molecule has 0 amide bonds. The first-order chi connectivity index (χ1) is 7.85. The van der Waals surface area contributed by atoms with Gasteiger partial charge in [-0.2, -0.15) is 0 Å². The van der Waals surface area contributed by atoms with Crippen LogP contribution in [-0.4, -0.2) is 6.10 Å². The van der Waals surface area contributed by atoms with Crippen molar-refractivity contribution in [2.24, 2.45) is 11.1 Å². The van der Waals surface area contributed by atoms with Crippen molar-refractivity contribution >= 4 is 15.9 Å². The van der Waals surface area contributed by atoms with Gasteiger partial charge in [0.1, 0.15) is 11.9 Å². The lowest BCUT2D eigenvalue weighted by atomic mass is 9.85. The van der Waals surface area contributed by atoms with E-state index in [1.807, 2.05) is 12.1 Å². The number of hydrogen-bond acceptors (Lipinski definition) is 2. The molecule has 1 aliphatic heterocycles. The first-order valence-corrected chi connectivity index (χ1v) is 6.86. The summed E-state index contributed by atoms with van der Waals surface area (Å²) in [7, 11) is 0. The molecule has 0 fully saturated rings. The maximum atomic E-state index is 6.21. The first-order valence-electron chi connectivity index (χ1n) is 6.07. The van der Waals surface area contributed by atoms with E-state index in [9.17, 15) is 0 Å². The van der Waals surface area contributed by atoms with Gasteiger partial charge in [-0.1, -0.05) is 42.8 Å². The predicted octanol–water partition coefficient (Wildman–Crippen LogP) is 4.04. The zero-order chi connectivity index (χ0) is 12.6. The van der Waals surface area contributed by atoms with E-state index in [0.29, 0.717) is 0 Å². The summed E-state index contributed by atoms with van der Waals surface area (Å²) in [6.45, 7) is 6.70. The molecule has 0 saturated carbocycles. The van der Waals surface area contributed by atoms with Crippen LogP contribution < -0.4 is 10.5 Å². The fraction of sp³-hybridized carbons (Fsp3) is 0.571. The van der Waals surface area contributed by atoms with Gasteiger partial charge >= 0.3 is 0 Å². The molecule has 0 aromatic heterocycles. The number of fused-ring (bicyclic) bond motifs is 1. The Morgan fingerprint density at radius 1 is 1.41 bits per heavy atom. The Morgan fingerprint density at radius 2 is 2.12 bits per heavy atom. The molecule has 3 heteroatoms. The van der Waals surface area contributed by atoms with Crippen molar-refractivity contribution in [2.75, 3.05) is 0 Å². The molecule has 0 aliphatic carbocycles. The lowest BCUT2D eigenvalue weighted by Gasteiger charge is -2.34. The van der Waals surface area contributed by atoms with Gasteiger partial charge in [-0.3, -0.25) is 0 Å². The van der Waals surface area contributed by atoms with Gasteiger partial charge in [0, 0.05) is 22.5 Å². The molecule has 1 aliphatic rings. The third kappa shape index (κ3) is 3.23. The minimum Gasteiger partial charge on any atom is -0.490 e. The fourth-order valence-corrected chi connectivity index (χ4v) is 2.70. The molecule has 2 rings (SSSR count). The van der Waals surface area contributed by atoms with Crippen LogP contribution in [0.15, 0.2) is 22.7 Å². The summed E-state index contributed by atoms with van der Waals surface area (Å²) in [6, 6.07) is 6.19. The second-order valence-corrected chi connectivity index (χ2v) is 6.94. The van der Waals surface area contributed by atoms with Crippen molar-refractivity contribution in [3.05, 3.63) is 28.2 Å². The van der Waals surface area contributed by atoms with E-state index in [1.54, 1.807) is 0 Å². The minimum atomic E-state index is 0.0965. The van der Waals surface area contributed by atoms with Gasteiger partial charge in [0.2, 0.25) is 0 Å². The van der Waals surface area contributed by atoms with Crippen LogP contribution in [0.1, 0.15) is 45.2 Å². The average Bonchev–Trinajstić information content (AvgIpc) is 2.13. The number of rotatable bonds is 1. The Balaban J connectivity index is 2.20. The van der Waals surface area contributed by atoms with Crippen LogP contribution in [0.2, 0.25) is 0 Å². The summed E-state index contributed by atoms with van der Waals surface area (Å²) < 4.78 is 7.09. The van der Waals surface area contributed by atoms with E-state index in [4.69, 9.17) is 10.5 Å². The van der Waals surface area contributed by atoms with Crippen molar-refractivity contribution in [3.63, 3.8) is 0 Å². The van der Waals surface area contributed by atoms with Crippen LogP contribution in [0.3, 0.4) is 0 Å². The van der Waals surface area contributed by atoms with E-state index in [-0.39, 0.29) is 17.6 Å². The summed E-state index contributed by atoms with van der Waals surface area (Å²) >= 11 is 3.47. The maximum absolute atomic E-state index is 6.21. The van der Waals surface area contributed by atoms with Gasteiger partial charge in [0.15, 0.2) is 0 Å². The monoisotopic (exact) mass is 297 g/mol. The van der Waals surface area contributed by atoms with Crippen LogP contribution in [0.25, 0.3) is 0 Å². The highest BCUT2D eigenvalue weighted by Crippen LogP contribution is 2.38. The quantitative estimate of drug-likeness (QED) is 0.849. The van der Waals surface area contributed by atoms with Crippen molar-refractivity contribution < 1.29 is 4.74 Å². The molecule has 2 nitrogen and oxygen atoms in total. The Kier molecular flexibility index (Phi) is 3.50. The van der Waals surface area contributed by atoms with E-state index in [2.05, 4.69) is 42.8 Å². The summed E-state index contributed by atoms with van der Waals surface area (Å²) in [5.74, 6) is 0.937. The number of nitrogens with two attached hydrogens (primary N) is 1. The molecule has 0 saturated heterocycles. The molecule has 2 N–H and O–H groups in total. The molecule has 0 bridgehead atoms. The van der Waals surface area contributed by atoms with E-state index in [1.165, 1.54) is 0 Å². The molecule has 1 heterocycles. The predicted molar refractivity (Wildman–Crippen MR) is 74.2 cm³/mol. The molecule has 0 spiro atoms. The van der Waals surface area contributed by atoms with Gasteiger partial charge in [-0.05, 0) is 24.0 Å². The van der Waals surface area contributed by atoms with Crippen LogP contribution in [0.4, 0.5) is 0 Å². The van der Waals surface area contributed by atoms with Gasteiger partial charge in [0.05, 0.1) is 0 Å². The molecule has 1 unspecified atom stereocenters. The lowest BCUT2D eigenvalue weighted by molar-refractivity contribution is 0.112. The van der Waals surface area contributed by atoms with Crippen LogP contribution in [-0.2, 0) is 0 Å². The Labute approximate surface area is 112 Å². The molecule has 1 aromatic rings. The zero-order valence-corrected chi connectivity index (χ0v) is 12.3. The Hall–Kier alpha value is -0.540. The number of ether oxygens (including phenoxy) is 1. The first kappa shape index (κ1) is 12.9. The van der Waals surface area contributed by atoms with Crippen LogP contribution in [0.5, 0.6) is 5.75 Å². The number of halogens is 1. The third-order valence-corrected chi connectivity index (χ3v) is 3.52. The summed E-state index contributed by atoms with van der Waals surface area (Å²) in [5, 5.41) is 0. The highest BCUT2D eigenvalue weighted by molar-refractivity contribution is 9.10. The zero-order valence-electron chi connectivity index (χ0n) is 10.7. The Morgan fingerprint density at radius 3 is 2.76 bits per heavy atom. The van der Waals surface area contributed by atoms with Gasteiger partial charge in [-0.15, -0.1) is 0 Å². The van der Waals surface area contributed by atoms with Crippen molar-refractivity contribution in [1.82, 2.24) is 0 Å². The van der Waals surface area contributed by atoms with Crippen molar-refractivity contribution in [2.45, 2.75) is 45.8 Å². The fourth-order valence-electron chi connectivity index (χ4n) is 2.36. The van der Waals surface area contributed by atoms with E-state index >= 15 is 0 Å². The van der Waals surface area contributed by atoms with Crippen molar-refractivity contribution in [3.8, 4) is 5.75 Å². The molecular formula is C14H20BrNO. The highest BCUT2D eigenvalue weighted by Gasteiger charge is 2.29. The topological polar surface area (TPSA) is 35.2 Å². The third-order valence-electron chi connectivity index (χ3n) is 3.03. The number of benzene rings is 1. The second kappa shape index (κ2) is 4.62. The van der Waals surface area contributed by atoms with Crippen LogP contribution >= 0.6 is 15.9 Å². The molecule has 1 aromatic carbocycles. The highest BCUT2D eigenvalue weighted by atomic mass is 79.9. The molecule has 94 valence electrons. The van der Waals surface area contributed by atoms with E-state index < -0.39 is 0 Å². The molecule has 17 heavy (non-hydrogen) atoms. The maximum Gasteiger partial charge on any atom is 0.125 e.